The minimum absolute atomic E-state index is 0.413. The second-order valence-electron chi connectivity index (χ2n) is 1.56. The lowest BCUT2D eigenvalue weighted by Crippen LogP contribution is -1.99. The lowest BCUT2D eigenvalue weighted by molar-refractivity contribution is 1.05. The van der Waals surface area contributed by atoms with E-state index in [-0.39, 0.29) is 0 Å². The predicted octanol–water partition coefficient (Wildman–Crippen LogP) is 1.47. The van der Waals surface area contributed by atoms with Gasteiger partial charge >= 0.3 is 0 Å². The first-order valence-electron chi connectivity index (χ1n) is 2.48. The number of aromatic nitrogens is 2. The van der Waals surface area contributed by atoms with Gasteiger partial charge in [0.1, 0.15) is 9.33 Å². The van der Waals surface area contributed by atoms with Gasteiger partial charge in [-0.25, -0.2) is 0 Å². The molecule has 0 aliphatic rings. The highest BCUT2D eigenvalue weighted by atomic mass is 32.1. The van der Waals surface area contributed by atoms with Gasteiger partial charge < -0.3 is 5.32 Å². The molecule has 1 aromatic heterocycles. The van der Waals surface area contributed by atoms with Crippen LogP contribution in [-0.2, 0) is 0 Å². The highest BCUT2D eigenvalue weighted by molar-refractivity contribution is 8.11. The standard InChI is InChI=1S/C4H5N3S3/c1-2-6-7-3(10-2)5-4(8)9/h1H3,(H2,5,7,8,9). The maximum absolute atomic E-state index is 4.68. The monoisotopic (exact) mass is 191 g/mol. The molecule has 1 aromatic rings. The van der Waals surface area contributed by atoms with E-state index in [2.05, 4.69) is 40.4 Å². The average molecular weight is 191 g/mol. The summed E-state index contributed by atoms with van der Waals surface area (Å²) < 4.78 is 0.413. The van der Waals surface area contributed by atoms with Crippen LogP contribution in [0, 0.1) is 6.92 Å². The van der Waals surface area contributed by atoms with Gasteiger partial charge in [-0.2, -0.15) is 0 Å². The van der Waals surface area contributed by atoms with Crippen molar-refractivity contribution in [3.05, 3.63) is 5.01 Å². The van der Waals surface area contributed by atoms with Crippen molar-refractivity contribution < 1.29 is 0 Å². The molecule has 0 aliphatic carbocycles. The summed E-state index contributed by atoms with van der Waals surface area (Å²) in [4.78, 5) is 0. The van der Waals surface area contributed by atoms with E-state index in [0.29, 0.717) is 9.45 Å². The number of hydrogen-bond donors (Lipinski definition) is 2. The van der Waals surface area contributed by atoms with Crippen molar-refractivity contribution in [3.63, 3.8) is 0 Å². The van der Waals surface area contributed by atoms with E-state index in [9.17, 15) is 0 Å². The topological polar surface area (TPSA) is 37.8 Å². The lowest BCUT2D eigenvalue weighted by Gasteiger charge is -1.92. The zero-order valence-electron chi connectivity index (χ0n) is 5.16. The van der Waals surface area contributed by atoms with Gasteiger partial charge in [0.25, 0.3) is 0 Å². The van der Waals surface area contributed by atoms with Crippen LogP contribution >= 0.6 is 36.2 Å². The maximum Gasteiger partial charge on any atom is 0.211 e. The molecule has 1 heterocycles. The minimum atomic E-state index is 0.413. The molecule has 0 spiro atoms. The summed E-state index contributed by atoms with van der Waals surface area (Å²) in [5.41, 5.74) is 0. The number of nitrogens with one attached hydrogen (secondary N) is 1. The summed E-state index contributed by atoms with van der Waals surface area (Å²) in [6, 6.07) is 0. The largest absolute Gasteiger partial charge is 0.316 e. The van der Waals surface area contributed by atoms with Gasteiger partial charge in [0.2, 0.25) is 5.13 Å². The van der Waals surface area contributed by atoms with Crippen molar-refractivity contribution >= 4 is 45.6 Å². The zero-order valence-corrected chi connectivity index (χ0v) is 7.69. The van der Waals surface area contributed by atoms with Crippen molar-refractivity contribution in [1.29, 1.82) is 0 Å². The zero-order chi connectivity index (χ0) is 7.56. The van der Waals surface area contributed by atoms with E-state index >= 15 is 0 Å². The summed E-state index contributed by atoms with van der Waals surface area (Å²) in [6.45, 7) is 1.88. The van der Waals surface area contributed by atoms with Crippen molar-refractivity contribution in [2.45, 2.75) is 6.92 Å². The third-order valence-corrected chi connectivity index (χ3v) is 1.71. The minimum Gasteiger partial charge on any atom is -0.316 e. The fraction of sp³-hybridized carbons (Fsp3) is 0.250. The molecule has 0 fully saturated rings. The molecule has 6 heteroatoms. The van der Waals surface area contributed by atoms with Crippen molar-refractivity contribution in [3.8, 4) is 0 Å². The Labute approximate surface area is 73.3 Å². The highest BCUT2D eigenvalue weighted by Crippen LogP contribution is 2.13. The van der Waals surface area contributed by atoms with E-state index < -0.39 is 0 Å². The quantitative estimate of drug-likeness (QED) is 0.521. The number of thiocarbonyl (C=S) groups is 1. The van der Waals surface area contributed by atoms with Crippen LogP contribution in [0.5, 0.6) is 0 Å². The first-order valence-corrected chi connectivity index (χ1v) is 4.16. The van der Waals surface area contributed by atoms with Gasteiger partial charge in [-0.05, 0) is 6.92 Å². The third kappa shape index (κ3) is 2.20. The maximum atomic E-state index is 4.68. The highest BCUT2D eigenvalue weighted by Gasteiger charge is 1.98. The molecular formula is C4H5N3S3. The molecule has 0 bridgehead atoms. The molecular weight excluding hydrogens is 186 g/mol. The van der Waals surface area contributed by atoms with Crippen LogP contribution in [0.25, 0.3) is 0 Å². The van der Waals surface area contributed by atoms with Gasteiger partial charge in [-0.1, -0.05) is 23.6 Å². The summed E-state index contributed by atoms with van der Waals surface area (Å²) in [7, 11) is 0. The first-order chi connectivity index (χ1) is 4.68. The smallest absolute Gasteiger partial charge is 0.211 e. The summed E-state index contributed by atoms with van der Waals surface area (Å²) in [6.07, 6.45) is 0. The molecule has 1 rings (SSSR count). The van der Waals surface area contributed by atoms with Gasteiger partial charge in [0.15, 0.2) is 0 Å². The van der Waals surface area contributed by atoms with Gasteiger partial charge in [0.05, 0.1) is 0 Å². The number of anilines is 1. The van der Waals surface area contributed by atoms with Crippen LogP contribution in [0.15, 0.2) is 0 Å². The molecule has 1 N–H and O–H groups in total. The van der Waals surface area contributed by atoms with Crippen LogP contribution < -0.4 is 5.32 Å². The molecule has 0 aliphatic heterocycles. The van der Waals surface area contributed by atoms with Crippen LogP contribution in [0.4, 0.5) is 5.13 Å². The molecule has 0 unspecified atom stereocenters. The Balaban J connectivity index is 2.67. The molecule has 0 amide bonds. The molecule has 54 valence electrons. The Bertz CT molecular complexity index is 244. The predicted molar refractivity (Wildman–Crippen MR) is 49.9 cm³/mol. The summed E-state index contributed by atoms with van der Waals surface area (Å²) in [5, 5.41) is 11.9. The normalized spacial score (nSPS) is 9.40. The van der Waals surface area contributed by atoms with Crippen molar-refractivity contribution in [2.75, 3.05) is 5.32 Å². The molecule has 0 saturated heterocycles. The Morgan fingerprint density at radius 2 is 2.40 bits per heavy atom. The third-order valence-electron chi connectivity index (χ3n) is 0.740. The second-order valence-corrected chi connectivity index (χ2v) is 3.90. The fourth-order valence-electron chi connectivity index (χ4n) is 0.439. The Morgan fingerprint density at radius 1 is 1.70 bits per heavy atom. The second kappa shape index (κ2) is 3.27. The number of nitrogens with zero attached hydrogens (tertiary/aromatic N) is 2. The van der Waals surface area contributed by atoms with E-state index in [1.807, 2.05) is 6.92 Å². The van der Waals surface area contributed by atoms with E-state index in [1.54, 1.807) is 0 Å². The summed E-state index contributed by atoms with van der Waals surface area (Å²) in [5.74, 6) is 0. The van der Waals surface area contributed by atoms with Gasteiger partial charge in [0, 0.05) is 0 Å². The average Bonchev–Trinajstić information content (AvgIpc) is 2.13. The number of hydrogen-bond acceptors (Lipinski definition) is 4. The SMILES string of the molecule is Cc1nnc(NC(=S)S)s1. The van der Waals surface area contributed by atoms with E-state index in [4.69, 9.17) is 0 Å². The van der Waals surface area contributed by atoms with Crippen molar-refractivity contribution in [1.82, 2.24) is 10.2 Å². The van der Waals surface area contributed by atoms with Gasteiger partial charge in [-0.3, -0.25) is 0 Å². The van der Waals surface area contributed by atoms with Gasteiger partial charge in [-0.15, -0.1) is 22.8 Å². The summed E-state index contributed by atoms with van der Waals surface area (Å²) >= 11 is 10.0. The molecule has 0 atom stereocenters. The Morgan fingerprint density at radius 3 is 2.80 bits per heavy atom. The number of aryl methyl sites for hydroxylation is 1. The fourth-order valence-corrected chi connectivity index (χ4v) is 1.38. The van der Waals surface area contributed by atoms with Crippen LogP contribution in [0.3, 0.4) is 0 Å². The van der Waals surface area contributed by atoms with Crippen LogP contribution in [-0.4, -0.2) is 14.5 Å². The first kappa shape index (κ1) is 7.90. The lowest BCUT2D eigenvalue weighted by atomic mass is 10.9. The molecule has 0 saturated carbocycles. The Hall–Kier alpha value is -0.200. The van der Waals surface area contributed by atoms with E-state index in [0.717, 1.165) is 5.01 Å². The molecule has 0 aromatic carbocycles. The number of thiol groups is 1. The van der Waals surface area contributed by atoms with Crippen LogP contribution in [0.2, 0.25) is 0 Å². The number of rotatable bonds is 1. The Kier molecular flexibility index (Phi) is 2.58. The molecule has 10 heavy (non-hydrogen) atoms. The van der Waals surface area contributed by atoms with Crippen molar-refractivity contribution in [2.24, 2.45) is 0 Å². The molecule has 3 nitrogen and oxygen atoms in total. The van der Waals surface area contributed by atoms with Crippen LogP contribution in [0.1, 0.15) is 5.01 Å². The molecule has 0 radical (unpaired) electrons. The van der Waals surface area contributed by atoms with E-state index in [1.165, 1.54) is 11.3 Å².